The number of benzene rings is 2. The predicted octanol–water partition coefficient (Wildman–Crippen LogP) is 3.79. The summed E-state index contributed by atoms with van der Waals surface area (Å²) in [4.78, 5) is 10.5. The van der Waals surface area contributed by atoms with Gasteiger partial charge in [-0.1, -0.05) is 30.3 Å². The molecule has 2 aromatic rings. The highest BCUT2D eigenvalue weighted by molar-refractivity contribution is 5.52. The van der Waals surface area contributed by atoms with E-state index in [4.69, 9.17) is 4.74 Å². The number of nitro benzene ring substituents is 1. The molecule has 0 aliphatic heterocycles. The first kappa shape index (κ1) is 13.1. The Morgan fingerprint density at radius 3 is 2.42 bits per heavy atom. The van der Waals surface area contributed by atoms with Crippen LogP contribution in [0.25, 0.3) is 0 Å². The molecule has 2 rings (SSSR count). The fraction of sp³-hybridized carbons (Fsp3) is 0.200. The van der Waals surface area contributed by atoms with Crippen LogP contribution in [0.2, 0.25) is 0 Å². The SMILES string of the molecule is Cc1ccc([N+](=O)[O-])c(C)c1OCc1ccccc1. The van der Waals surface area contributed by atoms with Gasteiger partial charge in [0.2, 0.25) is 0 Å². The van der Waals surface area contributed by atoms with E-state index in [1.54, 1.807) is 13.0 Å². The van der Waals surface area contributed by atoms with Crippen molar-refractivity contribution in [2.45, 2.75) is 20.5 Å². The van der Waals surface area contributed by atoms with Crippen molar-refractivity contribution in [2.24, 2.45) is 0 Å². The standard InChI is InChI=1S/C15H15NO3/c1-11-8-9-14(16(17)18)12(2)15(11)19-10-13-6-4-3-5-7-13/h3-9H,10H2,1-2H3. The van der Waals surface area contributed by atoms with E-state index >= 15 is 0 Å². The first-order valence-corrected chi connectivity index (χ1v) is 6.01. The zero-order valence-electron chi connectivity index (χ0n) is 10.9. The average molecular weight is 257 g/mol. The number of nitrogens with zero attached hydrogens (tertiary/aromatic N) is 1. The highest BCUT2D eigenvalue weighted by Gasteiger charge is 2.16. The third kappa shape index (κ3) is 2.91. The average Bonchev–Trinajstić information content (AvgIpc) is 2.39. The molecule has 0 N–H and O–H groups in total. The highest BCUT2D eigenvalue weighted by Crippen LogP contribution is 2.31. The molecule has 0 fully saturated rings. The van der Waals surface area contributed by atoms with Crippen molar-refractivity contribution in [1.29, 1.82) is 0 Å². The van der Waals surface area contributed by atoms with Gasteiger partial charge in [-0.05, 0) is 31.0 Å². The fourth-order valence-electron chi connectivity index (χ4n) is 1.97. The molecule has 19 heavy (non-hydrogen) atoms. The largest absolute Gasteiger partial charge is 0.488 e. The van der Waals surface area contributed by atoms with E-state index in [2.05, 4.69) is 0 Å². The van der Waals surface area contributed by atoms with Crippen LogP contribution in [0, 0.1) is 24.0 Å². The molecule has 4 heteroatoms. The molecule has 0 bridgehead atoms. The minimum atomic E-state index is -0.385. The summed E-state index contributed by atoms with van der Waals surface area (Å²) in [6.07, 6.45) is 0. The first-order valence-electron chi connectivity index (χ1n) is 6.01. The van der Waals surface area contributed by atoms with Gasteiger partial charge in [-0.15, -0.1) is 0 Å². The van der Waals surface area contributed by atoms with Crippen molar-refractivity contribution in [3.05, 3.63) is 69.3 Å². The Hall–Kier alpha value is -2.36. The second-order valence-corrected chi connectivity index (χ2v) is 4.39. The van der Waals surface area contributed by atoms with E-state index in [9.17, 15) is 10.1 Å². The molecule has 0 radical (unpaired) electrons. The van der Waals surface area contributed by atoms with Crippen LogP contribution in [0.1, 0.15) is 16.7 Å². The minimum Gasteiger partial charge on any atom is -0.488 e. The summed E-state index contributed by atoms with van der Waals surface area (Å²) < 4.78 is 5.74. The Labute approximate surface area is 111 Å². The van der Waals surface area contributed by atoms with Crippen molar-refractivity contribution < 1.29 is 9.66 Å². The van der Waals surface area contributed by atoms with E-state index in [-0.39, 0.29) is 10.6 Å². The third-order valence-electron chi connectivity index (χ3n) is 3.00. The van der Waals surface area contributed by atoms with Gasteiger partial charge in [-0.2, -0.15) is 0 Å². The second kappa shape index (κ2) is 5.52. The number of hydrogen-bond acceptors (Lipinski definition) is 3. The maximum atomic E-state index is 10.9. The molecule has 98 valence electrons. The number of aryl methyl sites for hydroxylation is 1. The molecular weight excluding hydrogens is 242 g/mol. The van der Waals surface area contributed by atoms with E-state index in [1.807, 2.05) is 37.3 Å². The van der Waals surface area contributed by atoms with Crippen LogP contribution in [-0.4, -0.2) is 4.92 Å². The third-order valence-corrected chi connectivity index (χ3v) is 3.00. The molecule has 0 spiro atoms. The van der Waals surface area contributed by atoms with Crippen LogP contribution < -0.4 is 4.74 Å². The summed E-state index contributed by atoms with van der Waals surface area (Å²) in [7, 11) is 0. The summed E-state index contributed by atoms with van der Waals surface area (Å²) in [6.45, 7) is 4.01. The van der Waals surface area contributed by atoms with Gasteiger partial charge < -0.3 is 4.74 Å². The van der Waals surface area contributed by atoms with Gasteiger partial charge in [0.05, 0.1) is 10.5 Å². The topological polar surface area (TPSA) is 52.4 Å². The molecule has 0 atom stereocenters. The van der Waals surface area contributed by atoms with Gasteiger partial charge in [0.15, 0.2) is 0 Å². The van der Waals surface area contributed by atoms with Crippen LogP contribution in [0.5, 0.6) is 5.75 Å². The van der Waals surface area contributed by atoms with Crippen LogP contribution in [0.3, 0.4) is 0 Å². The first-order chi connectivity index (χ1) is 9.09. The normalized spacial score (nSPS) is 10.2. The van der Waals surface area contributed by atoms with Crippen LogP contribution in [0.4, 0.5) is 5.69 Å². The van der Waals surface area contributed by atoms with Gasteiger partial charge >= 0.3 is 0 Å². The number of rotatable bonds is 4. The molecule has 0 aliphatic carbocycles. The zero-order chi connectivity index (χ0) is 13.8. The lowest BCUT2D eigenvalue weighted by Gasteiger charge is -2.12. The lowest BCUT2D eigenvalue weighted by Crippen LogP contribution is -2.01. The molecular formula is C15H15NO3. The van der Waals surface area contributed by atoms with Crippen molar-refractivity contribution >= 4 is 5.69 Å². The summed E-state index contributed by atoms with van der Waals surface area (Å²) in [5, 5.41) is 10.9. The molecule has 0 unspecified atom stereocenters. The summed E-state index contributed by atoms with van der Waals surface area (Å²) in [5.74, 6) is 0.595. The number of ether oxygens (including phenoxy) is 1. The minimum absolute atomic E-state index is 0.0914. The van der Waals surface area contributed by atoms with Gasteiger partial charge in [0.25, 0.3) is 5.69 Å². The number of nitro groups is 1. The van der Waals surface area contributed by atoms with Crippen LogP contribution in [0.15, 0.2) is 42.5 Å². The molecule has 4 nitrogen and oxygen atoms in total. The monoisotopic (exact) mass is 257 g/mol. The molecule has 0 aliphatic rings. The second-order valence-electron chi connectivity index (χ2n) is 4.39. The Morgan fingerprint density at radius 1 is 1.11 bits per heavy atom. The Kier molecular flexibility index (Phi) is 3.80. The predicted molar refractivity (Wildman–Crippen MR) is 73.3 cm³/mol. The number of hydrogen-bond donors (Lipinski definition) is 0. The smallest absolute Gasteiger partial charge is 0.276 e. The Balaban J connectivity index is 2.25. The lowest BCUT2D eigenvalue weighted by molar-refractivity contribution is -0.385. The quantitative estimate of drug-likeness (QED) is 0.618. The maximum Gasteiger partial charge on any atom is 0.276 e. The van der Waals surface area contributed by atoms with E-state index < -0.39 is 0 Å². The van der Waals surface area contributed by atoms with Gasteiger partial charge in [-0.25, -0.2) is 0 Å². The summed E-state index contributed by atoms with van der Waals surface area (Å²) in [6, 6.07) is 13.0. The van der Waals surface area contributed by atoms with Crippen molar-refractivity contribution in [3.63, 3.8) is 0 Å². The van der Waals surface area contributed by atoms with Gasteiger partial charge in [-0.3, -0.25) is 10.1 Å². The molecule has 0 saturated carbocycles. The Morgan fingerprint density at radius 2 is 1.79 bits per heavy atom. The van der Waals surface area contributed by atoms with E-state index in [1.165, 1.54) is 6.07 Å². The van der Waals surface area contributed by atoms with Crippen molar-refractivity contribution in [2.75, 3.05) is 0 Å². The van der Waals surface area contributed by atoms with Crippen LogP contribution >= 0.6 is 0 Å². The van der Waals surface area contributed by atoms with E-state index in [0.29, 0.717) is 17.9 Å². The fourth-order valence-corrected chi connectivity index (χ4v) is 1.97. The van der Waals surface area contributed by atoms with Crippen molar-refractivity contribution in [3.8, 4) is 5.75 Å². The molecule has 0 heterocycles. The van der Waals surface area contributed by atoms with Gasteiger partial charge in [0, 0.05) is 6.07 Å². The zero-order valence-corrected chi connectivity index (χ0v) is 10.9. The molecule has 0 amide bonds. The van der Waals surface area contributed by atoms with Crippen LogP contribution in [-0.2, 0) is 6.61 Å². The lowest BCUT2D eigenvalue weighted by atomic mass is 10.1. The highest BCUT2D eigenvalue weighted by atomic mass is 16.6. The Bertz CT molecular complexity index is 594. The van der Waals surface area contributed by atoms with E-state index in [0.717, 1.165) is 11.1 Å². The maximum absolute atomic E-state index is 10.9. The molecule has 0 saturated heterocycles. The van der Waals surface area contributed by atoms with Gasteiger partial charge in [0.1, 0.15) is 12.4 Å². The summed E-state index contributed by atoms with van der Waals surface area (Å²) >= 11 is 0. The summed E-state index contributed by atoms with van der Waals surface area (Å²) in [5.41, 5.74) is 2.60. The molecule has 0 aromatic heterocycles. The van der Waals surface area contributed by atoms with Crippen molar-refractivity contribution in [1.82, 2.24) is 0 Å². The molecule has 2 aromatic carbocycles.